The lowest BCUT2D eigenvalue weighted by Gasteiger charge is -2.19. The molecule has 0 saturated carbocycles. The average molecular weight is 234 g/mol. The fraction of sp³-hybridized carbons (Fsp3) is 0.500. The first-order valence-electron chi connectivity index (χ1n) is 5.86. The summed E-state index contributed by atoms with van der Waals surface area (Å²) in [7, 11) is 3.47. The number of hydrogen-bond acceptors (Lipinski definition) is 2. The third-order valence-electron chi connectivity index (χ3n) is 3.02. The third kappa shape index (κ3) is 3.30. The second kappa shape index (κ2) is 5.32. The molecule has 0 fully saturated rings. The summed E-state index contributed by atoms with van der Waals surface area (Å²) in [6.45, 7) is 6.22. The molecule has 1 aromatic carbocycles. The van der Waals surface area contributed by atoms with Gasteiger partial charge in [0.25, 0.3) is 0 Å². The van der Waals surface area contributed by atoms with E-state index in [4.69, 9.17) is 5.73 Å². The SMILES string of the molecule is Cc1cc(C)c(CC(N)C(=O)N(C)C)c(C)c1. The summed E-state index contributed by atoms with van der Waals surface area (Å²) in [5, 5.41) is 0. The van der Waals surface area contributed by atoms with Crippen LogP contribution < -0.4 is 5.73 Å². The molecule has 3 nitrogen and oxygen atoms in total. The Bertz CT molecular complexity index is 401. The van der Waals surface area contributed by atoms with Gasteiger partial charge in [0.05, 0.1) is 6.04 Å². The number of rotatable bonds is 3. The van der Waals surface area contributed by atoms with Gasteiger partial charge in [0.2, 0.25) is 5.91 Å². The highest BCUT2D eigenvalue weighted by Gasteiger charge is 2.17. The molecule has 0 heterocycles. The van der Waals surface area contributed by atoms with Crippen LogP contribution in [0.15, 0.2) is 12.1 Å². The van der Waals surface area contributed by atoms with E-state index in [0.717, 1.165) is 0 Å². The van der Waals surface area contributed by atoms with Gasteiger partial charge in [-0.2, -0.15) is 0 Å². The molecular formula is C14H22N2O. The predicted molar refractivity (Wildman–Crippen MR) is 71.0 cm³/mol. The van der Waals surface area contributed by atoms with Crippen molar-refractivity contribution in [3.05, 3.63) is 34.4 Å². The standard InChI is InChI=1S/C14H22N2O/c1-9-6-10(2)12(11(3)7-9)8-13(15)14(17)16(4)5/h6-7,13H,8,15H2,1-5H3. The number of amides is 1. The van der Waals surface area contributed by atoms with E-state index in [1.165, 1.54) is 22.3 Å². The third-order valence-corrected chi connectivity index (χ3v) is 3.02. The molecule has 1 unspecified atom stereocenters. The normalized spacial score (nSPS) is 12.4. The molecule has 0 aliphatic heterocycles. The molecule has 0 saturated heterocycles. The van der Waals surface area contributed by atoms with E-state index >= 15 is 0 Å². The van der Waals surface area contributed by atoms with Crippen LogP contribution in [0.3, 0.4) is 0 Å². The second-order valence-corrected chi connectivity index (χ2v) is 4.92. The molecule has 2 N–H and O–H groups in total. The van der Waals surface area contributed by atoms with Gasteiger partial charge >= 0.3 is 0 Å². The number of carbonyl (C=O) groups is 1. The van der Waals surface area contributed by atoms with Gasteiger partial charge in [-0.1, -0.05) is 17.7 Å². The summed E-state index contributed by atoms with van der Waals surface area (Å²) in [5.41, 5.74) is 10.8. The number of aryl methyl sites for hydroxylation is 3. The van der Waals surface area contributed by atoms with Crippen molar-refractivity contribution in [2.45, 2.75) is 33.2 Å². The van der Waals surface area contributed by atoms with Gasteiger partial charge in [-0.15, -0.1) is 0 Å². The van der Waals surface area contributed by atoms with Crippen molar-refractivity contribution < 1.29 is 4.79 Å². The second-order valence-electron chi connectivity index (χ2n) is 4.92. The van der Waals surface area contributed by atoms with Gasteiger partial charge in [-0.25, -0.2) is 0 Å². The van der Waals surface area contributed by atoms with Crippen LogP contribution in [0, 0.1) is 20.8 Å². The highest BCUT2D eigenvalue weighted by atomic mass is 16.2. The van der Waals surface area contributed by atoms with Crippen molar-refractivity contribution in [1.29, 1.82) is 0 Å². The summed E-state index contributed by atoms with van der Waals surface area (Å²) in [6.07, 6.45) is 0.606. The van der Waals surface area contributed by atoms with E-state index in [1.807, 2.05) is 0 Å². The molecule has 0 aliphatic carbocycles. The summed E-state index contributed by atoms with van der Waals surface area (Å²) < 4.78 is 0. The highest BCUT2D eigenvalue weighted by molar-refractivity contribution is 5.81. The number of nitrogens with zero attached hydrogens (tertiary/aromatic N) is 1. The monoisotopic (exact) mass is 234 g/mol. The molecule has 17 heavy (non-hydrogen) atoms. The molecule has 1 aromatic rings. The Balaban J connectivity index is 2.92. The maximum absolute atomic E-state index is 11.7. The van der Waals surface area contributed by atoms with Crippen LogP contribution in [0.25, 0.3) is 0 Å². The van der Waals surface area contributed by atoms with Crippen molar-refractivity contribution >= 4 is 5.91 Å². The smallest absolute Gasteiger partial charge is 0.239 e. The van der Waals surface area contributed by atoms with E-state index in [1.54, 1.807) is 19.0 Å². The average Bonchev–Trinajstić information content (AvgIpc) is 2.21. The largest absolute Gasteiger partial charge is 0.347 e. The van der Waals surface area contributed by atoms with Crippen molar-refractivity contribution in [3.8, 4) is 0 Å². The Kier molecular flexibility index (Phi) is 4.29. The van der Waals surface area contributed by atoms with E-state index in [9.17, 15) is 4.79 Å². The zero-order valence-electron chi connectivity index (χ0n) is 11.4. The van der Waals surface area contributed by atoms with E-state index in [0.29, 0.717) is 6.42 Å². The number of hydrogen-bond donors (Lipinski definition) is 1. The van der Waals surface area contributed by atoms with Crippen LogP contribution in [0.5, 0.6) is 0 Å². The first kappa shape index (κ1) is 13.7. The fourth-order valence-corrected chi connectivity index (χ4v) is 2.17. The maximum Gasteiger partial charge on any atom is 0.239 e. The summed E-state index contributed by atoms with van der Waals surface area (Å²) in [5.74, 6) is -0.0237. The van der Waals surface area contributed by atoms with Gasteiger partial charge in [-0.3, -0.25) is 4.79 Å². The minimum atomic E-state index is -0.454. The summed E-state index contributed by atoms with van der Waals surface area (Å²) in [4.78, 5) is 13.3. The molecule has 0 aliphatic rings. The van der Waals surface area contributed by atoms with E-state index in [-0.39, 0.29) is 5.91 Å². The molecule has 1 atom stereocenters. The Morgan fingerprint density at radius 3 is 2.12 bits per heavy atom. The minimum absolute atomic E-state index is 0.0237. The lowest BCUT2D eigenvalue weighted by molar-refractivity contribution is -0.130. The Hall–Kier alpha value is -1.35. The molecular weight excluding hydrogens is 212 g/mol. The zero-order valence-corrected chi connectivity index (χ0v) is 11.4. The van der Waals surface area contributed by atoms with Crippen LogP contribution >= 0.6 is 0 Å². The van der Waals surface area contributed by atoms with Crippen molar-refractivity contribution in [3.63, 3.8) is 0 Å². The van der Waals surface area contributed by atoms with Crippen LogP contribution in [-0.2, 0) is 11.2 Å². The van der Waals surface area contributed by atoms with Gasteiger partial charge in [0.1, 0.15) is 0 Å². The molecule has 0 bridgehead atoms. The lowest BCUT2D eigenvalue weighted by Crippen LogP contribution is -2.41. The first-order chi connectivity index (χ1) is 7.82. The van der Waals surface area contributed by atoms with E-state index in [2.05, 4.69) is 32.9 Å². The van der Waals surface area contributed by atoms with Crippen LogP contribution in [0.4, 0.5) is 0 Å². The lowest BCUT2D eigenvalue weighted by atomic mass is 9.94. The molecule has 94 valence electrons. The Labute approximate surface area is 104 Å². The zero-order chi connectivity index (χ0) is 13.2. The first-order valence-corrected chi connectivity index (χ1v) is 5.86. The molecule has 1 amide bonds. The summed E-state index contributed by atoms with van der Waals surface area (Å²) >= 11 is 0. The van der Waals surface area contributed by atoms with Gasteiger partial charge in [0, 0.05) is 14.1 Å². The van der Waals surface area contributed by atoms with Crippen LogP contribution in [0.1, 0.15) is 22.3 Å². The molecule has 3 heteroatoms. The van der Waals surface area contributed by atoms with Gasteiger partial charge in [-0.05, 0) is 43.9 Å². The molecule has 0 aromatic heterocycles. The highest BCUT2D eigenvalue weighted by Crippen LogP contribution is 2.18. The minimum Gasteiger partial charge on any atom is -0.347 e. The maximum atomic E-state index is 11.7. The van der Waals surface area contributed by atoms with Crippen molar-refractivity contribution in [2.24, 2.45) is 5.73 Å². The number of likely N-dealkylation sites (N-methyl/N-ethyl adjacent to an activating group) is 1. The van der Waals surface area contributed by atoms with Crippen LogP contribution in [-0.4, -0.2) is 30.9 Å². The molecule has 0 spiro atoms. The Morgan fingerprint density at radius 2 is 1.71 bits per heavy atom. The quantitative estimate of drug-likeness (QED) is 0.863. The molecule has 0 radical (unpaired) electrons. The predicted octanol–water partition coefficient (Wildman–Crippen LogP) is 1.57. The topological polar surface area (TPSA) is 46.3 Å². The van der Waals surface area contributed by atoms with Crippen molar-refractivity contribution in [2.75, 3.05) is 14.1 Å². The molecule has 1 rings (SSSR count). The summed E-state index contributed by atoms with van der Waals surface area (Å²) in [6, 6.07) is 3.81. The number of carbonyl (C=O) groups excluding carboxylic acids is 1. The van der Waals surface area contributed by atoms with Crippen LogP contribution in [0.2, 0.25) is 0 Å². The van der Waals surface area contributed by atoms with Crippen molar-refractivity contribution in [1.82, 2.24) is 4.90 Å². The van der Waals surface area contributed by atoms with Gasteiger partial charge in [0.15, 0.2) is 0 Å². The number of nitrogens with two attached hydrogens (primary N) is 1. The Morgan fingerprint density at radius 1 is 1.24 bits per heavy atom. The number of benzene rings is 1. The fourth-order valence-electron chi connectivity index (χ4n) is 2.17. The van der Waals surface area contributed by atoms with Gasteiger partial charge < -0.3 is 10.6 Å². The van der Waals surface area contributed by atoms with E-state index < -0.39 is 6.04 Å².